The molecular formula is C18H17F3N6O3. The predicted octanol–water partition coefficient (Wildman–Crippen LogP) is 2.23. The van der Waals surface area contributed by atoms with Crippen LogP contribution in [0.3, 0.4) is 0 Å². The number of amides is 1. The van der Waals surface area contributed by atoms with E-state index in [0.29, 0.717) is 11.2 Å². The molecule has 0 saturated carbocycles. The predicted molar refractivity (Wildman–Crippen MR) is 103 cm³/mol. The van der Waals surface area contributed by atoms with E-state index in [9.17, 15) is 27.6 Å². The van der Waals surface area contributed by atoms with Crippen molar-refractivity contribution in [1.82, 2.24) is 19.9 Å². The van der Waals surface area contributed by atoms with Crippen molar-refractivity contribution in [3.8, 4) is 0 Å². The molecule has 0 aliphatic carbocycles. The van der Waals surface area contributed by atoms with Crippen molar-refractivity contribution < 1.29 is 22.8 Å². The Morgan fingerprint density at radius 3 is 2.40 bits per heavy atom. The van der Waals surface area contributed by atoms with E-state index in [2.05, 4.69) is 19.9 Å². The average molecular weight is 422 g/mol. The molecule has 9 nitrogen and oxygen atoms in total. The van der Waals surface area contributed by atoms with E-state index in [1.54, 1.807) is 0 Å². The number of alkyl halides is 3. The fourth-order valence-corrected chi connectivity index (χ4v) is 2.38. The molecule has 0 fully saturated rings. The number of aromatic nitrogens is 4. The molecule has 0 unspecified atom stereocenters. The van der Waals surface area contributed by atoms with Gasteiger partial charge in [0.2, 0.25) is 5.95 Å². The lowest BCUT2D eigenvalue weighted by Gasteiger charge is -2.23. The SMILES string of the molecule is CC.Nc1nc2ncc(CN(C(=O)C(F)(F)F)c3ccc(C=O)cc3)nc2c(=O)[nH]1. The zero-order valence-electron chi connectivity index (χ0n) is 15.9. The minimum atomic E-state index is -5.15. The number of nitrogen functional groups attached to an aromatic ring is 1. The first-order valence-electron chi connectivity index (χ1n) is 8.64. The maximum absolute atomic E-state index is 13.0. The Morgan fingerprint density at radius 2 is 1.83 bits per heavy atom. The minimum Gasteiger partial charge on any atom is -0.369 e. The molecule has 12 heteroatoms. The second kappa shape index (κ2) is 9.11. The third kappa shape index (κ3) is 4.96. The topological polar surface area (TPSA) is 135 Å². The summed E-state index contributed by atoms with van der Waals surface area (Å²) >= 11 is 0. The van der Waals surface area contributed by atoms with Crippen LogP contribution in [0.15, 0.2) is 35.3 Å². The van der Waals surface area contributed by atoms with Gasteiger partial charge in [0.15, 0.2) is 11.2 Å². The molecule has 3 rings (SSSR count). The molecule has 0 aliphatic rings. The zero-order valence-corrected chi connectivity index (χ0v) is 15.9. The van der Waals surface area contributed by atoms with Crippen molar-refractivity contribution >= 4 is 35.0 Å². The Hall–Kier alpha value is -3.83. The van der Waals surface area contributed by atoms with Gasteiger partial charge in [-0.1, -0.05) is 13.8 Å². The number of anilines is 2. The first-order valence-corrected chi connectivity index (χ1v) is 8.64. The standard InChI is InChI=1S/C16H11F3N6O3.C2H6/c17-16(18,19)14(28)25(10-3-1-8(7-26)2-4-10)6-9-5-21-12-11(22-9)13(27)24-15(20)23-12;1-2/h1-5,7H,6H2,(H3,20,21,23,24,27);1-2H3. The number of aromatic amines is 1. The molecule has 0 aliphatic heterocycles. The molecule has 30 heavy (non-hydrogen) atoms. The third-order valence-corrected chi connectivity index (χ3v) is 3.63. The molecule has 2 heterocycles. The summed E-state index contributed by atoms with van der Waals surface area (Å²) in [7, 11) is 0. The number of fused-ring (bicyclic) bond motifs is 1. The number of aldehydes is 1. The highest BCUT2D eigenvalue weighted by Gasteiger charge is 2.43. The van der Waals surface area contributed by atoms with Crippen LogP contribution in [-0.2, 0) is 11.3 Å². The van der Waals surface area contributed by atoms with Gasteiger partial charge in [0.25, 0.3) is 5.56 Å². The average Bonchev–Trinajstić information content (AvgIpc) is 2.72. The molecular weight excluding hydrogens is 405 g/mol. The summed E-state index contributed by atoms with van der Waals surface area (Å²) in [5.41, 5.74) is 4.38. The minimum absolute atomic E-state index is 0.0818. The molecule has 0 atom stereocenters. The van der Waals surface area contributed by atoms with E-state index in [4.69, 9.17) is 5.73 Å². The van der Waals surface area contributed by atoms with Gasteiger partial charge in [-0.15, -0.1) is 0 Å². The van der Waals surface area contributed by atoms with Crippen LogP contribution in [-0.4, -0.2) is 38.3 Å². The number of carbonyl (C=O) groups is 2. The monoisotopic (exact) mass is 422 g/mol. The smallest absolute Gasteiger partial charge is 0.369 e. The Balaban J connectivity index is 0.00000155. The van der Waals surface area contributed by atoms with Crippen LogP contribution in [0.25, 0.3) is 11.2 Å². The van der Waals surface area contributed by atoms with Crippen LogP contribution >= 0.6 is 0 Å². The number of hydrogen-bond donors (Lipinski definition) is 2. The van der Waals surface area contributed by atoms with Gasteiger partial charge < -0.3 is 5.73 Å². The first-order chi connectivity index (χ1) is 14.2. The number of rotatable bonds is 4. The van der Waals surface area contributed by atoms with Crippen molar-refractivity contribution in [2.24, 2.45) is 0 Å². The Labute approximate surface area is 167 Å². The van der Waals surface area contributed by atoms with Crippen LogP contribution in [0.1, 0.15) is 29.9 Å². The maximum Gasteiger partial charge on any atom is 0.471 e. The fraction of sp³-hybridized carbons (Fsp3) is 0.222. The summed E-state index contributed by atoms with van der Waals surface area (Å²) in [6, 6.07) is 4.92. The molecule has 3 aromatic rings. The highest BCUT2D eigenvalue weighted by molar-refractivity contribution is 5.97. The van der Waals surface area contributed by atoms with Gasteiger partial charge >= 0.3 is 12.1 Å². The van der Waals surface area contributed by atoms with Crippen molar-refractivity contribution in [2.75, 3.05) is 10.6 Å². The van der Waals surface area contributed by atoms with Crippen LogP contribution in [0.5, 0.6) is 0 Å². The van der Waals surface area contributed by atoms with Crippen molar-refractivity contribution in [3.63, 3.8) is 0 Å². The second-order valence-corrected chi connectivity index (χ2v) is 5.58. The quantitative estimate of drug-likeness (QED) is 0.616. The van der Waals surface area contributed by atoms with Crippen molar-refractivity contribution in [2.45, 2.75) is 26.6 Å². The molecule has 0 spiro atoms. The zero-order chi connectivity index (χ0) is 22.5. The lowest BCUT2D eigenvalue weighted by molar-refractivity contribution is -0.170. The fourth-order valence-electron chi connectivity index (χ4n) is 2.38. The van der Waals surface area contributed by atoms with Crippen molar-refractivity contribution in [3.05, 3.63) is 52.1 Å². The largest absolute Gasteiger partial charge is 0.471 e. The highest BCUT2D eigenvalue weighted by Crippen LogP contribution is 2.25. The first kappa shape index (κ1) is 22.5. The van der Waals surface area contributed by atoms with E-state index >= 15 is 0 Å². The van der Waals surface area contributed by atoms with E-state index in [1.807, 2.05) is 13.8 Å². The summed E-state index contributed by atoms with van der Waals surface area (Å²) in [4.78, 5) is 48.7. The molecule has 1 amide bonds. The Kier molecular flexibility index (Phi) is 6.82. The normalized spacial score (nSPS) is 10.8. The van der Waals surface area contributed by atoms with Gasteiger partial charge in [-0.05, 0) is 24.3 Å². The molecule has 1 aromatic carbocycles. The van der Waals surface area contributed by atoms with Crippen LogP contribution in [0, 0.1) is 0 Å². The highest BCUT2D eigenvalue weighted by atomic mass is 19.4. The molecule has 0 saturated heterocycles. The van der Waals surface area contributed by atoms with Gasteiger partial charge in [0.05, 0.1) is 18.4 Å². The number of hydrogen-bond acceptors (Lipinski definition) is 7. The number of nitrogens with zero attached hydrogens (tertiary/aromatic N) is 4. The van der Waals surface area contributed by atoms with Crippen LogP contribution in [0.4, 0.5) is 24.8 Å². The number of halogens is 3. The molecule has 0 bridgehead atoms. The summed E-state index contributed by atoms with van der Waals surface area (Å²) in [6.07, 6.45) is -3.55. The van der Waals surface area contributed by atoms with Gasteiger partial charge in [-0.25, -0.2) is 9.97 Å². The van der Waals surface area contributed by atoms with Gasteiger partial charge in [-0.2, -0.15) is 18.2 Å². The summed E-state index contributed by atoms with van der Waals surface area (Å²) in [5, 5.41) is 0. The lowest BCUT2D eigenvalue weighted by atomic mass is 10.2. The molecule has 0 radical (unpaired) electrons. The number of carbonyl (C=O) groups excluding carboxylic acids is 2. The van der Waals surface area contributed by atoms with E-state index < -0.39 is 24.2 Å². The third-order valence-electron chi connectivity index (χ3n) is 3.63. The maximum atomic E-state index is 13.0. The number of benzene rings is 1. The Bertz CT molecular complexity index is 1110. The van der Waals surface area contributed by atoms with Gasteiger partial charge in [0, 0.05) is 11.3 Å². The summed E-state index contributed by atoms with van der Waals surface area (Å²) < 4.78 is 39.1. The van der Waals surface area contributed by atoms with Gasteiger partial charge in [-0.3, -0.25) is 24.3 Å². The number of H-pyrrole nitrogens is 1. The number of nitrogens with two attached hydrogens (primary N) is 1. The Morgan fingerprint density at radius 1 is 1.20 bits per heavy atom. The molecule has 3 N–H and O–H groups in total. The van der Waals surface area contributed by atoms with E-state index in [0.717, 1.165) is 6.20 Å². The van der Waals surface area contributed by atoms with E-state index in [1.165, 1.54) is 24.3 Å². The van der Waals surface area contributed by atoms with Crippen LogP contribution in [0.2, 0.25) is 0 Å². The summed E-state index contributed by atoms with van der Waals surface area (Å²) in [5.74, 6) is -2.33. The van der Waals surface area contributed by atoms with Gasteiger partial charge in [0.1, 0.15) is 6.29 Å². The molecule has 2 aromatic heterocycles. The van der Waals surface area contributed by atoms with E-state index in [-0.39, 0.29) is 34.1 Å². The number of nitrogens with one attached hydrogen (secondary N) is 1. The van der Waals surface area contributed by atoms with Crippen LogP contribution < -0.4 is 16.2 Å². The van der Waals surface area contributed by atoms with Crippen molar-refractivity contribution in [1.29, 1.82) is 0 Å². The lowest BCUT2D eigenvalue weighted by Crippen LogP contribution is -2.41. The molecule has 158 valence electrons. The second-order valence-electron chi connectivity index (χ2n) is 5.58. The summed E-state index contributed by atoms with van der Waals surface area (Å²) in [6.45, 7) is 3.38.